The van der Waals surface area contributed by atoms with Crippen molar-refractivity contribution in [3.8, 4) is 0 Å². The first-order valence-corrected chi connectivity index (χ1v) is 11.8. The number of aromatic amines is 1. The second kappa shape index (κ2) is 8.58. The molecule has 0 bridgehead atoms. The number of likely N-dealkylation sites (tertiary alicyclic amines) is 1. The van der Waals surface area contributed by atoms with Crippen LogP contribution in [0.2, 0.25) is 0 Å². The van der Waals surface area contributed by atoms with Crippen molar-refractivity contribution in [1.29, 1.82) is 0 Å². The average Bonchev–Trinajstić information content (AvgIpc) is 3.33. The third kappa shape index (κ3) is 4.05. The zero-order valence-corrected chi connectivity index (χ0v) is 18.4. The van der Waals surface area contributed by atoms with E-state index in [0.29, 0.717) is 24.0 Å². The van der Waals surface area contributed by atoms with Crippen LogP contribution in [0.1, 0.15) is 84.0 Å². The monoisotopic (exact) mass is 420 g/mol. The molecule has 3 aliphatic rings. The predicted molar refractivity (Wildman–Crippen MR) is 120 cm³/mol. The lowest BCUT2D eigenvalue weighted by atomic mass is 9.98. The molecule has 6 nitrogen and oxygen atoms in total. The second-order valence-corrected chi connectivity index (χ2v) is 9.41. The van der Waals surface area contributed by atoms with Gasteiger partial charge in [-0.1, -0.05) is 30.5 Å². The molecular weight excluding hydrogens is 388 g/mol. The molecule has 1 saturated heterocycles. The van der Waals surface area contributed by atoms with Gasteiger partial charge in [-0.2, -0.15) is 0 Å². The number of amides is 1. The molecule has 2 aromatic rings. The molecule has 1 aliphatic carbocycles. The Morgan fingerprint density at radius 3 is 2.71 bits per heavy atom. The average molecular weight is 421 g/mol. The molecule has 31 heavy (non-hydrogen) atoms. The minimum atomic E-state index is -0.165. The van der Waals surface area contributed by atoms with Crippen molar-refractivity contribution in [1.82, 2.24) is 19.8 Å². The van der Waals surface area contributed by atoms with Crippen LogP contribution in [-0.2, 0) is 13.0 Å². The Balaban J connectivity index is 1.44. The molecule has 1 amide bonds. The lowest BCUT2D eigenvalue weighted by Gasteiger charge is -2.36. The maximum Gasteiger partial charge on any atom is 0.254 e. The number of piperidine rings is 1. The van der Waals surface area contributed by atoms with Crippen LogP contribution in [0, 0.1) is 6.92 Å². The first-order valence-electron chi connectivity index (χ1n) is 11.8. The Labute approximate surface area is 183 Å². The number of nitrogens with zero attached hydrogens (tertiary/aromatic N) is 3. The first-order chi connectivity index (χ1) is 15.1. The summed E-state index contributed by atoms with van der Waals surface area (Å²) in [5, 5.41) is 0. The number of hydrogen-bond acceptors (Lipinski definition) is 4. The van der Waals surface area contributed by atoms with E-state index in [1.807, 2.05) is 36.1 Å². The van der Waals surface area contributed by atoms with Crippen molar-refractivity contribution in [2.45, 2.75) is 76.9 Å². The number of carbonyl (C=O) groups excluding carboxylic acids is 1. The van der Waals surface area contributed by atoms with Gasteiger partial charge in [-0.15, -0.1) is 0 Å². The van der Waals surface area contributed by atoms with Crippen LogP contribution in [0.25, 0.3) is 0 Å². The van der Waals surface area contributed by atoms with Crippen molar-refractivity contribution >= 4 is 5.91 Å². The zero-order chi connectivity index (χ0) is 21.4. The van der Waals surface area contributed by atoms with Crippen molar-refractivity contribution in [3.63, 3.8) is 0 Å². The normalized spacial score (nSPS) is 22.5. The Bertz CT molecular complexity index is 1020. The number of carbonyl (C=O) groups is 1. The van der Waals surface area contributed by atoms with Gasteiger partial charge in [0.2, 0.25) is 0 Å². The quantitative estimate of drug-likeness (QED) is 0.821. The lowest BCUT2D eigenvalue weighted by molar-refractivity contribution is 0.0598. The van der Waals surface area contributed by atoms with Crippen LogP contribution >= 0.6 is 0 Å². The summed E-state index contributed by atoms with van der Waals surface area (Å²) in [5.41, 5.74) is 3.53. The van der Waals surface area contributed by atoms with Crippen molar-refractivity contribution in [2.24, 2.45) is 0 Å². The molecule has 1 N–H and O–H groups in total. The molecule has 164 valence electrons. The standard InChI is InChI=1S/C25H32N4O2/c1-17-7-6-8-18(15-17)25(31)29-13-5-4-11-22(29)23-26-21-16-28(19-9-2-3-10-19)14-12-20(21)24(30)27-23/h6-8,15,19,22H,2-5,9-14,16H2,1H3,(H,26,27,30). The predicted octanol–water partition coefficient (Wildman–Crippen LogP) is 3.75. The lowest BCUT2D eigenvalue weighted by Crippen LogP contribution is -2.43. The summed E-state index contributed by atoms with van der Waals surface area (Å²) in [4.78, 5) is 38.7. The van der Waals surface area contributed by atoms with Crippen LogP contribution in [0.4, 0.5) is 0 Å². The van der Waals surface area contributed by atoms with E-state index in [1.165, 1.54) is 25.7 Å². The highest BCUT2D eigenvalue weighted by atomic mass is 16.2. The summed E-state index contributed by atoms with van der Waals surface area (Å²) in [7, 11) is 0. The summed E-state index contributed by atoms with van der Waals surface area (Å²) in [6.45, 7) is 4.41. The van der Waals surface area contributed by atoms with E-state index in [1.54, 1.807) is 0 Å². The van der Waals surface area contributed by atoms with Gasteiger partial charge in [0.15, 0.2) is 0 Å². The van der Waals surface area contributed by atoms with Crippen LogP contribution in [0.15, 0.2) is 29.1 Å². The Morgan fingerprint density at radius 2 is 1.90 bits per heavy atom. The van der Waals surface area contributed by atoms with Gasteiger partial charge in [-0.25, -0.2) is 4.98 Å². The van der Waals surface area contributed by atoms with E-state index >= 15 is 0 Å². The van der Waals surface area contributed by atoms with E-state index in [0.717, 1.165) is 55.6 Å². The maximum atomic E-state index is 13.3. The molecule has 2 fully saturated rings. The fourth-order valence-electron chi connectivity index (χ4n) is 5.62. The van der Waals surface area contributed by atoms with Crippen molar-refractivity contribution in [3.05, 3.63) is 62.8 Å². The van der Waals surface area contributed by atoms with Crippen LogP contribution in [0.5, 0.6) is 0 Å². The van der Waals surface area contributed by atoms with E-state index in [-0.39, 0.29) is 17.5 Å². The number of hydrogen-bond donors (Lipinski definition) is 1. The molecule has 5 rings (SSSR count). The van der Waals surface area contributed by atoms with Gasteiger partial charge in [0.25, 0.3) is 11.5 Å². The number of rotatable bonds is 3. The van der Waals surface area contributed by atoms with Gasteiger partial charge in [-0.05, 0) is 57.6 Å². The third-order valence-corrected chi connectivity index (χ3v) is 7.31. The van der Waals surface area contributed by atoms with E-state index in [4.69, 9.17) is 4.98 Å². The van der Waals surface area contributed by atoms with Gasteiger partial charge in [-0.3, -0.25) is 14.5 Å². The number of H-pyrrole nitrogens is 1. The minimum Gasteiger partial charge on any atom is -0.328 e. The molecule has 1 aromatic heterocycles. The fraction of sp³-hybridized carbons (Fsp3) is 0.560. The number of aromatic nitrogens is 2. The second-order valence-electron chi connectivity index (χ2n) is 9.41. The van der Waals surface area contributed by atoms with Gasteiger partial charge in [0.05, 0.1) is 11.7 Å². The topological polar surface area (TPSA) is 69.3 Å². The smallest absolute Gasteiger partial charge is 0.254 e. The summed E-state index contributed by atoms with van der Waals surface area (Å²) in [6.07, 6.45) is 8.76. The highest BCUT2D eigenvalue weighted by Crippen LogP contribution is 2.32. The van der Waals surface area contributed by atoms with E-state index in [2.05, 4.69) is 9.88 Å². The molecule has 1 unspecified atom stereocenters. The maximum absolute atomic E-state index is 13.3. The molecule has 6 heteroatoms. The molecule has 1 saturated carbocycles. The van der Waals surface area contributed by atoms with Crippen LogP contribution in [0.3, 0.4) is 0 Å². The zero-order valence-electron chi connectivity index (χ0n) is 18.4. The molecular formula is C25H32N4O2. The number of nitrogens with one attached hydrogen (secondary N) is 1. The number of benzene rings is 1. The molecule has 1 atom stereocenters. The van der Waals surface area contributed by atoms with Crippen molar-refractivity contribution in [2.75, 3.05) is 13.1 Å². The van der Waals surface area contributed by atoms with Gasteiger partial charge in [0, 0.05) is 36.8 Å². The number of fused-ring (bicyclic) bond motifs is 1. The molecule has 0 spiro atoms. The Hall–Kier alpha value is -2.47. The number of aryl methyl sites for hydroxylation is 1. The van der Waals surface area contributed by atoms with Gasteiger partial charge in [0.1, 0.15) is 5.82 Å². The first kappa shape index (κ1) is 20.4. The molecule has 3 heterocycles. The highest BCUT2D eigenvalue weighted by molar-refractivity contribution is 5.94. The van der Waals surface area contributed by atoms with Gasteiger partial charge < -0.3 is 9.88 Å². The highest BCUT2D eigenvalue weighted by Gasteiger charge is 2.33. The summed E-state index contributed by atoms with van der Waals surface area (Å²) in [6, 6.07) is 8.22. The van der Waals surface area contributed by atoms with Crippen LogP contribution < -0.4 is 5.56 Å². The largest absolute Gasteiger partial charge is 0.328 e. The molecule has 0 radical (unpaired) electrons. The Kier molecular flexibility index (Phi) is 5.65. The summed E-state index contributed by atoms with van der Waals surface area (Å²) in [5.74, 6) is 0.694. The van der Waals surface area contributed by atoms with E-state index in [9.17, 15) is 9.59 Å². The minimum absolute atomic E-state index is 0.0143. The van der Waals surface area contributed by atoms with E-state index < -0.39 is 0 Å². The fourth-order valence-corrected chi connectivity index (χ4v) is 5.62. The molecule has 1 aromatic carbocycles. The third-order valence-electron chi connectivity index (χ3n) is 7.31. The van der Waals surface area contributed by atoms with Crippen LogP contribution in [-0.4, -0.2) is 44.8 Å². The summed E-state index contributed by atoms with van der Waals surface area (Å²) >= 11 is 0. The van der Waals surface area contributed by atoms with Crippen molar-refractivity contribution < 1.29 is 4.79 Å². The Morgan fingerprint density at radius 1 is 1.10 bits per heavy atom. The molecule has 2 aliphatic heterocycles. The SMILES string of the molecule is Cc1cccc(C(=O)N2CCCCC2c2nc3c(c(=O)[nH]2)CCN(C2CCCC2)C3)c1. The van der Waals surface area contributed by atoms with Gasteiger partial charge >= 0.3 is 0 Å². The summed E-state index contributed by atoms with van der Waals surface area (Å²) < 4.78 is 0.